The van der Waals surface area contributed by atoms with Crippen molar-refractivity contribution in [3.63, 3.8) is 0 Å². The Morgan fingerprint density at radius 3 is 2.46 bits per heavy atom. The molecule has 2 aliphatic rings. The Balaban J connectivity index is 1.31. The van der Waals surface area contributed by atoms with Gasteiger partial charge in [0, 0.05) is 18.0 Å². The minimum absolute atomic E-state index is 0.0788. The molecule has 1 saturated heterocycles. The fraction of sp³-hybridized carbons (Fsp3) is 0.343. The fourth-order valence-electron chi connectivity index (χ4n) is 5.98. The van der Waals surface area contributed by atoms with E-state index < -0.39 is 17.7 Å². The summed E-state index contributed by atoms with van der Waals surface area (Å²) in [7, 11) is 1.39. The number of halogens is 2. The molecule has 0 bridgehead atoms. The number of alkyl carbamates (subject to hydrolysis) is 1. The number of aromatic nitrogens is 2. The van der Waals surface area contributed by atoms with E-state index >= 15 is 4.39 Å². The maximum absolute atomic E-state index is 15.1. The molecule has 9 nitrogen and oxygen atoms in total. The monoisotopic (exact) mass is 628 g/mol. The predicted molar refractivity (Wildman–Crippen MR) is 165 cm³/mol. The molecule has 1 saturated carbocycles. The van der Waals surface area contributed by atoms with Gasteiger partial charge in [0.15, 0.2) is 11.6 Å². The third kappa shape index (κ3) is 6.82. The van der Waals surface area contributed by atoms with Crippen molar-refractivity contribution in [1.29, 1.82) is 5.26 Å². The number of hydrogen-bond donors (Lipinski definition) is 1. The molecule has 6 rings (SSSR count). The predicted octanol–water partition coefficient (Wildman–Crippen LogP) is 6.95. The van der Waals surface area contributed by atoms with Crippen molar-refractivity contribution in [3.05, 3.63) is 89.5 Å². The quantitative estimate of drug-likeness (QED) is 0.214. The smallest absolute Gasteiger partial charge is 0.407 e. The summed E-state index contributed by atoms with van der Waals surface area (Å²) in [6, 6.07) is 20.0. The highest BCUT2D eigenvalue weighted by atomic mass is 19.1. The van der Waals surface area contributed by atoms with Crippen molar-refractivity contribution in [2.45, 2.75) is 56.9 Å². The zero-order chi connectivity index (χ0) is 32.0. The van der Waals surface area contributed by atoms with Gasteiger partial charge in [0.1, 0.15) is 30.3 Å². The summed E-state index contributed by atoms with van der Waals surface area (Å²) in [4.78, 5) is 12.5. The molecule has 2 heterocycles. The Kier molecular flexibility index (Phi) is 9.45. The third-order valence-corrected chi connectivity index (χ3v) is 8.41. The van der Waals surface area contributed by atoms with Gasteiger partial charge in [0.25, 0.3) is 0 Å². The standard InChI is InChI=1S/C35H34F2N4O5/c1-43-31-14-9-23(17-30(31)37)32-33(24-7-8-25(19-38)29(36)18-24)40-41(34(32)46-28-15-16-44-21-28)27-12-10-26(11-13-27)39-35(42)45-20-22-5-3-2-4-6-22/h2-9,14,17-18,26-28H,10-13,15-16,20-21H2,1H3,(H,39,42)/t26?,27?,28-/m0/s1. The first-order valence-corrected chi connectivity index (χ1v) is 15.3. The molecule has 0 unspecified atom stereocenters. The average molecular weight is 629 g/mol. The van der Waals surface area contributed by atoms with E-state index in [2.05, 4.69) is 5.32 Å². The highest BCUT2D eigenvalue weighted by Crippen LogP contribution is 2.44. The number of ether oxygens (including phenoxy) is 4. The van der Waals surface area contributed by atoms with E-state index in [1.165, 1.54) is 31.4 Å². The number of carbonyl (C=O) groups excluding carboxylic acids is 1. The molecular weight excluding hydrogens is 594 g/mol. The van der Waals surface area contributed by atoms with E-state index in [1.54, 1.807) is 12.1 Å². The van der Waals surface area contributed by atoms with Crippen LogP contribution in [0, 0.1) is 23.0 Å². The largest absolute Gasteiger partial charge is 0.494 e. The number of nitrogens with zero attached hydrogens (tertiary/aromatic N) is 3. The number of carbonyl (C=O) groups is 1. The zero-order valence-corrected chi connectivity index (χ0v) is 25.4. The highest BCUT2D eigenvalue weighted by Gasteiger charge is 2.33. The molecule has 0 spiro atoms. The molecule has 3 aromatic carbocycles. The molecule has 1 aliphatic carbocycles. The van der Waals surface area contributed by atoms with Crippen LogP contribution < -0.4 is 14.8 Å². The van der Waals surface area contributed by atoms with Crippen molar-refractivity contribution >= 4 is 6.09 Å². The maximum atomic E-state index is 15.1. The minimum Gasteiger partial charge on any atom is -0.494 e. The highest BCUT2D eigenvalue weighted by molar-refractivity contribution is 5.85. The molecular formula is C35H34F2N4O5. The van der Waals surface area contributed by atoms with Gasteiger partial charge in [-0.15, -0.1) is 0 Å². The molecule has 11 heteroatoms. The summed E-state index contributed by atoms with van der Waals surface area (Å²) in [6.07, 6.45) is 2.63. The Morgan fingerprint density at radius 1 is 1.02 bits per heavy atom. The van der Waals surface area contributed by atoms with Crippen LogP contribution in [0.3, 0.4) is 0 Å². The van der Waals surface area contributed by atoms with Gasteiger partial charge in [-0.05, 0) is 61.1 Å². The fourth-order valence-corrected chi connectivity index (χ4v) is 5.98. The van der Waals surface area contributed by atoms with Crippen molar-refractivity contribution in [2.75, 3.05) is 20.3 Å². The van der Waals surface area contributed by atoms with Crippen molar-refractivity contribution in [1.82, 2.24) is 15.1 Å². The molecule has 46 heavy (non-hydrogen) atoms. The lowest BCUT2D eigenvalue weighted by Gasteiger charge is -2.30. The number of benzene rings is 3. The summed E-state index contributed by atoms with van der Waals surface area (Å²) in [5.41, 5.74) is 2.62. The van der Waals surface area contributed by atoms with Gasteiger partial charge >= 0.3 is 6.09 Å². The molecule has 1 aliphatic heterocycles. The van der Waals surface area contributed by atoms with Crippen LogP contribution in [0.2, 0.25) is 0 Å². The molecule has 4 aromatic rings. The lowest BCUT2D eigenvalue weighted by atomic mass is 9.91. The van der Waals surface area contributed by atoms with Crippen LogP contribution in [0.25, 0.3) is 22.4 Å². The third-order valence-electron chi connectivity index (χ3n) is 8.41. The van der Waals surface area contributed by atoms with Crippen LogP contribution in [0.4, 0.5) is 13.6 Å². The first-order chi connectivity index (χ1) is 22.4. The molecule has 1 atom stereocenters. The SMILES string of the molecule is COc1ccc(-c2c(-c3ccc(C#N)c(F)c3)nn(C3CCC(NC(=O)OCc4ccccc4)CC3)c2O[C@H]2CCOC2)cc1F. The van der Waals surface area contributed by atoms with Gasteiger partial charge < -0.3 is 24.3 Å². The summed E-state index contributed by atoms with van der Waals surface area (Å²) >= 11 is 0. The average Bonchev–Trinajstić information content (AvgIpc) is 3.73. The maximum Gasteiger partial charge on any atom is 0.407 e. The van der Waals surface area contributed by atoms with Crippen molar-refractivity contribution < 1.29 is 32.5 Å². The number of nitrogens with one attached hydrogen (secondary N) is 1. The zero-order valence-electron chi connectivity index (χ0n) is 25.4. The van der Waals surface area contributed by atoms with E-state index in [4.69, 9.17) is 24.0 Å². The molecule has 0 radical (unpaired) electrons. The van der Waals surface area contributed by atoms with E-state index in [9.17, 15) is 14.4 Å². The topological polar surface area (TPSA) is 108 Å². The van der Waals surface area contributed by atoms with Crippen LogP contribution in [-0.4, -0.2) is 48.3 Å². The Labute approximate surface area is 265 Å². The van der Waals surface area contributed by atoms with Gasteiger partial charge in [-0.2, -0.15) is 10.4 Å². The van der Waals surface area contributed by atoms with Crippen LogP contribution in [-0.2, 0) is 16.1 Å². The van der Waals surface area contributed by atoms with Crippen molar-refractivity contribution in [3.8, 4) is 40.1 Å². The number of hydrogen-bond acceptors (Lipinski definition) is 7. The first-order valence-electron chi connectivity index (χ1n) is 15.3. The second kappa shape index (κ2) is 14.0. The van der Waals surface area contributed by atoms with E-state index in [1.807, 2.05) is 41.1 Å². The van der Waals surface area contributed by atoms with Crippen LogP contribution in [0.15, 0.2) is 66.7 Å². The molecule has 238 valence electrons. The summed E-state index contributed by atoms with van der Waals surface area (Å²) in [5, 5.41) is 17.3. The first kappa shape index (κ1) is 31.0. The van der Waals surface area contributed by atoms with Gasteiger partial charge in [-0.3, -0.25) is 0 Å². The lowest BCUT2D eigenvalue weighted by molar-refractivity contribution is 0.124. The van der Waals surface area contributed by atoms with Crippen LogP contribution >= 0.6 is 0 Å². The van der Waals surface area contributed by atoms with E-state index in [0.29, 0.717) is 73.6 Å². The summed E-state index contributed by atoms with van der Waals surface area (Å²) in [5.74, 6) is -0.732. The number of methoxy groups -OCH3 is 1. The molecule has 1 amide bonds. The van der Waals surface area contributed by atoms with E-state index in [0.717, 1.165) is 5.56 Å². The van der Waals surface area contributed by atoms with Crippen molar-refractivity contribution in [2.24, 2.45) is 0 Å². The summed E-state index contributed by atoms with van der Waals surface area (Å²) in [6.45, 7) is 1.13. The van der Waals surface area contributed by atoms with E-state index in [-0.39, 0.29) is 36.1 Å². The normalized spacial score (nSPS) is 19.3. The van der Waals surface area contributed by atoms with Gasteiger partial charge in [-0.1, -0.05) is 42.5 Å². The molecule has 1 N–H and O–H groups in total. The van der Waals surface area contributed by atoms with Gasteiger partial charge in [0.2, 0.25) is 5.88 Å². The molecule has 1 aromatic heterocycles. The second-order valence-electron chi connectivity index (χ2n) is 11.4. The Bertz CT molecular complexity index is 1720. The van der Waals surface area contributed by atoms with Gasteiger partial charge in [0.05, 0.1) is 37.5 Å². The molecule has 2 fully saturated rings. The van der Waals surface area contributed by atoms with Crippen LogP contribution in [0.5, 0.6) is 11.6 Å². The Morgan fingerprint density at radius 2 is 1.78 bits per heavy atom. The second-order valence-corrected chi connectivity index (χ2v) is 11.4. The number of rotatable bonds is 9. The van der Waals surface area contributed by atoms with Gasteiger partial charge in [-0.25, -0.2) is 18.3 Å². The number of amides is 1. The number of nitriles is 1. The van der Waals surface area contributed by atoms with Crippen LogP contribution in [0.1, 0.15) is 49.3 Å². The lowest BCUT2D eigenvalue weighted by Crippen LogP contribution is -2.38. The minimum atomic E-state index is -0.682. The Hall–Kier alpha value is -4.95. The summed E-state index contributed by atoms with van der Waals surface area (Å²) < 4.78 is 54.5.